The van der Waals surface area contributed by atoms with E-state index in [0.717, 1.165) is 21.8 Å². The highest BCUT2D eigenvalue weighted by atomic mass is 16.4. The van der Waals surface area contributed by atoms with Crippen molar-refractivity contribution in [1.29, 1.82) is 0 Å². The molecule has 0 fully saturated rings. The number of aromatic nitrogens is 1. The Bertz CT molecular complexity index is 570. The van der Waals surface area contributed by atoms with Gasteiger partial charge < -0.3 is 10.1 Å². The van der Waals surface area contributed by atoms with E-state index in [-0.39, 0.29) is 0 Å². The summed E-state index contributed by atoms with van der Waals surface area (Å²) >= 11 is 0. The number of carboxylic acids is 1. The fourth-order valence-electron chi connectivity index (χ4n) is 2.27. The standard InChI is InChI=1S/C13H16N2O2.C2H6/c1-3-5-10-8(4-2)9-6-11(13(16)17)14-7-12(9)15-10;1-2/h3-5,11,14-15H,1,6-7H2,2H3,(H,16,17);1-2H3/b8-4-,10-5+;. The van der Waals surface area contributed by atoms with Crippen molar-refractivity contribution < 1.29 is 9.90 Å². The normalized spacial score (nSPS) is 19.4. The molecule has 1 aromatic heterocycles. The number of rotatable bonds is 2. The van der Waals surface area contributed by atoms with E-state index in [9.17, 15) is 4.79 Å². The quantitative estimate of drug-likeness (QED) is 0.742. The van der Waals surface area contributed by atoms with Crippen molar-refractivity contribution in [3.05, 3.63) is 34.5 Å². The minimum atomic E-state index is -0.798. The first-order valence-corrected chi connectivity index (χ1v) is 6.62. The van der Waals surface area contributed by atoms with E-state index >= 15 is 0 Å². The number of hydrogen-bond donors (Lipinski definition) is 3. The molecule has 2 rings (SSSR count). The lowest BCUT2D eigenvalue weighted by Gasteiger charge is -2.20. The molecule has 0 radical (unpaired) electrons. The van der Waals surface area contributed by atoms with Gasteiger partial charge in [0.1, 0.15) is 6.04 Å². The Morgan fingerprint density at radius 2 is 2.16 bits per heavy atom. The highest BCUT2D eigenvalue weighted by Gasteiger charge is 2.25. The molecule has 4 nitrogen and oxygen atoms in total. The number of hydrogen-bond acceptors (Lipinski definition) is 2. The van der Waals surface area contributed by atoms with Crippen LogP contribution in [-0.4, -0.2) is 22.1 Å². The summed E-state index contributed by atoms with van der Waals surface area (Å²) < 4.78 is 0. The fraction of sp³-hybridized carbons (Fsp3) is 0.400. The monoisotopic (exact) mass is 262 g/mol. The molecule has 1 unspecified atom stereocenters. The molecule has 0 saturated carbocycles. The van der Waals surface area contributed by atoms with E-state index in [1.54, 1.807) is 6.08 Å². The van der Waals surface area contributed by atoms with Gasteiger partial charge in [-0.25, -0.2) is 0 Å². The summed E-state index contributed by atoms with van der Waals surface area (Å²) in [4.78, 5) is 14.3. The van der Waals surface area contributed by atoms with Gasteiger partial charge in [0.2, 0.25) is 0 Å². The third-order valence-corrected chi connectivity index (χ3v) is 3.07. The van der Waals surface area contributed by atoms with Crippen LogP contribution >= 0.6 is 0 Å². The van der Waals surface area contributed by atoms with Gasteiger partial charge in [0.25, 0.3) is 0 Å². The first-order chi connectivity index (χ1) is 9.17. The molecule has 0 bridgehead atoms. The maximum atomic E-state index is 11.0. The Morgan fingerprint density at radius 3 is 2.68 bits per heavy atom. The van der Waals surface area contributed by atoms with Gasteiger partial charge in [-0.1, -0.05) is 32.6 Å². The molecular weight excluding hydrogens is 240 g/mol. The van der Waals surface area contributed by atoms with Crippen molar-refractivity contribution >= 4 is 18.1 Å². The third kappa shape index (κ3) is 3.15. The Kier molecular flexibility index (Phi) is 5.57. The van der Waals surface area contributed by atoms with Gasteiger partial charge in [-0.3, -0.25) is 10.1 Å². The summed E-state index contributed by atoms with van der Waals surface area (Å²) in [7, 11) is 0. The van der Waals surface area contributed by atoms with Crippen LogP contribution in [0.3, 0.4) is 0 Å². The van der Waals surface area contributed by atoms with Crippen LogP contribution < -0.4 is 15.9 Å². The van der Waals surface area contributed by atoms with E-state index in [0.29, 0.717) is 13.0 Å². The first kappa shape index (κ1) is 15.2. The van der Waals surface area contributed by atoms with E-state index in [1.807, 2.05) is 32.9 Å². The molecule has 1 aliphatic rings. The molecule has 0 aromatic carbocycles. The van der Waals surface area contributed by atoms with Crippen LogP contribution in [-0.2, 0) is 17.8 Å². The molecule has 3 N–H and O–H groups in total. The van der Waals surface area contributed by atoms with Crippen LogP contribution in [0.1, 0.15) is 32.0 Å². The predicted molar refractivity (Wildman–Crippen MR) is 78.2 cm³/mol. The summed E-state index contributed by atoms with van der Waals surface area (Å²) in [6.45, 7) is 10.2. The second kappa shape index (κ2) is 6.95. The minimum absolute atomic E-state index is 0.492. The largest absolute Gasteiger partial charge is 0.480 e. The highest BCUT2D eigenvalue weighted by molar-refractivity contribution is 5.74. The average molecular weight is 262 g/mol. The summed E-state index contributed by atoms with van der Waals surface area (Å²) in [5.41, 5.74) is 2.18. The van der Waals surface area contributed by atoms with E-state index in [1.165, 1.54) is 0 Å². The van der Waals surface area contributed by atoms with Crippen molar-refractivity contribution in [3.63, 3.8) is 0 Å². The average Bonchev–Trinajstić information content (AvgIpc) is 2.77. The summed E-state index contributed by atoms with van der Waals surface area (Å²) in [6, 6.07) is -0.492. The second-order valence-electron chi connectivity index (χ2n) is 4.08. The molecule has 1 aliphatic heterocycles. The van der Waals surface area contributed by atoms with Gasteiger partial charge in [0.05, 0.1) is 0 Å². The molecule has 104 valence electrons. The molecule has 0 amide bonds. The Labute approximate surface area is 113 Å². The Morgan fingerprint density at radius 1 is 1.47 bits per heavy atom. The molecule has 0 saturated heterocycles. The Balaban J connectivity index is 0.000000861. The highest BCUT2D eigenvalue weighted by Crippen LogP contribution is 2.10. The molecule has 4 heteroatoms. The molecule has 1 aromatic rings. The maximum Gasteiger partial charge on any atom is 0.321 e. The van der Waals surface area contributed by atoms with Gasteiger partial charge in [-0.2, -0.15) is 0 Å². The predicted octanol–water partition coefficient (Wildman–Crippen LogP) is 0.907. The molecule has 2 heterocycles. The number of fused-ring (bicyclic) bond motifs is 1. The number of nitrogens with one attached hydrogen (secondary N) is 2. The third-order valence-electron chi connectivity index (χ3n) is 3.07. The van der Waals surface area contributed by atoms with Crippen LogP contribution in [0, 0.1) is 0 Å². The number of carbonyl (C=O) groups is 1. The second-order valence-corrected chi connectivity index (χ2v) is 4.08. The lowest BCUT2D eigenvalue weighted by Crippen LogP contribution is -2.43. The zero-order chi connectivity index (χ0) is 14.4. The van der Waals surface area contributed by atoms with Crippen LogP contribution in [0.15, 0.2) is 12.7 Å². The van der Waals surface area contributed by atoms with E-state index in [4.69, 9.17) is 5.11 Å². The number of allylic oxidation sites excluding steroid dienone is 1. The lowest BCUT2D eigenvalue weighted by atomic mass is 10.00. The van der Waals surface area contributed by atoms with Gasteiger partial charge >= 0.3 is 5.97 Å². The van der Waals surface area contributed by atoms with Crippen LogP contribution in [0.5, 0.6) is 0 Å². The number of aromatic amines is 1. The topological polar surface area (TPSA) is 65.1 Å². The molecule has 0 aliphatic carbocycles. The summed E-state index contributed by atoms with van der Waals surface area (Å²) in [5.74, 6) is -0.798. The maximum absolute atomic E-state index is 11.0. The fourth-order valence-corrected chi connectivity index (χ4v) is 2.27. The Hall–Kier alpha value is -1.81. The summed E-state index contributed by atoms with van der Waals surface area (Å²) in [5, 5.41) is 14.1. The number of H-pyrrole nitrogens is 1. The van der Waals surface area contributed by atoms with Crippen molar-refractivity contribution in [2.24, 2.45) is 0 Å². The molecule has 1 atom stereocenters. The molecular formula is C15H22N2O2. The van der Waals surface area contributed by atoms with Crippen LogP contribution in [0.2, 0.25) is 0 Å². The van der Waals surface area contributed by atoms with Crippen molar-refractivity contribution in [1.82, 2.24) is 10.3 Å². The van der Waals surface area contributed by atoms with Crippen LogP contribution in [0.25, 0.3) is 12.2 Å². The molecule has 0 spiro atoms. The van der Waals surface area contributed by atoms with E-state index in [2.05, 4.69) is 16.9 Å². The SMILES string of the molecule is C=C/C=c1/[nH]c2c(/c1=C/C)CC(C(=O)O)NC2.CC. The molecule has 19 heavy (non-hydrogen) atoms. The zero-order valence-electron chi connectivity index (χ0n) is 11.8. The first-order valence-electron chi connectivity index (χ1n) is 6.62. The number of carboxylic acid groups (broad SMARTS) is 1. The zero-order valence-corrected chi connectivity index (χ0v) is 11.8. The summed E-state index contributed by atoms with van der Waals surface area (Å²) in [6.07, 6.45) is 6.16. The number of aliphatic carboxylic acids is 1. The van der Waals surface area contributed by atoms with Crippen LogP contribution in [0.4, 0.5) is 0 Å². The smallest absolute Gasteiger partial charge is 0.321 e. The van der Waals surface area contributed by atoms with Gasteiger partial charge in [0, 0.05) is 24.0 Å². The van der Waals surface area contributed by atoms with Crippen molar-refractivity contribution in [3.8, 4) is 0 Å². The van der Waals surface area contributed by atoms with Gasteiger partial charge in [0.15, 0.2) is 0 Å². The van der Waals surface area contributed by atoms with E-state index < -0.39 is 12.0 Å². The van der Waals surface area contributed by atoms with Gasteiger partial charge in [-0.15, -0.1) is 0 Å². The van der Waals surface area contributed by atoms with Crippen molar-refractivity contribution in [2.45, 2.75) is 39.8 Å². The van der Waals surface area contributed by atoms with Crippen molar-refractivity contribution in [2.75, 3.05) is 0 Å². The van der Waals surface area contributed by atoms with Gasteiger partial charge in [-0.05, 0) is 23.8 Å². The lowest BCUT2D eigenvalue weighted by molar-refractivity contribution is -0.139. The minimum Gasteiger partial charge on any atom is -0.480 e.